The smallest absolute Gasteiger partial charge is 0.101 e. The van der Waals surface area contributed by atoms with Crippen LogP contribution in [0.15, 0.2) is 24.3 Å². The van der Waals surface area contributed by atoms with E-state index in [2.05, 4.69) is 0 Å². The lowest BCUT2D eigenvalue weighted by Gasteiger charge is -1.91. The second-order valence-electron chi connectivity index (χ2n) is 2.21. The van der Waals surface area contributed by atoms with Crippen molar-refractivity contribution in [2.75, 3.05) is 0 Å². The molecule has 0 saturated carbocycles. The molecule has 58 valence electrons. The third kappa shape index (κ3) is 1.43. The van der Waals surface area contributed by atoms with E-state index in [1.165, 1.54) is 6.20 Å². The third-order valence-electron chi connectivity index (χ3n) is 1.45. The monoisotopic (exact) mass is 149 g/mol. The standard InChI is InChI=1S/C8H11N3/c9-5-6-3-1-2-4-7(6)8(10)11/h1-5H,9-11H2/b6-5-. The fraction of sp³-hybridized carbons (Fsp3) is 0. The molecule has 0 amide bonds. The zero-order chi connectivity index (χ0) is 8.27. The summed E-state index contributed by atoms with van der Waals surface area (Å²) in [6.45, 7) is 0. The minimum atomic E-state index is 0.294. The van der Waals surface area contributed by atoms with Gasteiger partial charge in [-0.1, -0.05) is 24.3 Å². The molecule has 1 aromatic carbocycles. The van der Waals surface area contributed by atoms with Crippen LogP contribution in [0.1, 0.15) is 0 Å². The molecule has 0 aromatic heterocycles. The summed E-state index contributed by atoms with van der Waals surface area (Å²) >= 11 is 0. The summed E-state index contributed by atoms with van der Waals surface area (Å²) in [5.74, 6) is 0.294. The average molecular weight is 149 g/mol. The lowest BCUT2D eigenvalue weighted by atomic mass is 10.2. The van der Waals surface area contributed by atoms with Gasteiger partial charge < -0.3 is 17.2 Å². The largest absolute Gasteiger partial charge is 0.404 e. The van der Waals surface area contributed by atoms with Gasteiger partial charge in [0, 0.05) is 16.6 Å². The molecule has 11 heavy (non-hydrogen) atoms. The van der Waals surface area contributed by atoms with Crippen molar-refractivity contribution >= 4 is 12.0 Å². The summed E-state index contributed by atoms with van der Waals surface area (Å²) < 4.78 is 0. The molecule has 0 atom stereocenters. The number of nitrogens with two attached hydrogens (primary N) is 3. The van der Waals surface area contributed by atoms with E-state index in [4.69, 9.17) is 17.2 Å². The molecule has 3 nitrogen and oxygen atoms in total. The number of hydrogen-bond acceptors (Lipinski definition) is 3. The van der Waals surface area contributed by atoms with Gasteiger partial charge in [0.1, 0.15) is 5.82 Å². The maximum Gasteiger partial charge on any atom is 0.101 e. The highest BCUT2D eigenvalue weighted by Gasteiger charge is 1.84. The molecule has 0 radical (unpaired) electrons. The fourth-order valence-corrected chi connectivity index (χ4v) is 0.905. The Kier molecular flexibility index (Phi) is 2.01. The third-order valence-corrected chi connectivity index (χ3v) is 1.45. The predicted molar refractivity (Wildman–Crippen MR) is 46.1 cm³/mol. The van der Waals surface area contributed by atoms with Gasteiger partial charge in [-0.15, -0.1) is 0 Å². The second kappa shape index (κ2) is 2.96. The lowest BCUT2D eigenvalue weighted by Crippen LogP contribution is -2.33. The molecule has 6 N–H and O–H groups in total. The molecule has 0 spiro atoms. The highest BCUT2D eigenvalue weighted by Crippen LogP contribution is 1.70. The summed E-state index contributed by atoms with van der Waals surface area (Å²) in [4.78, 5) is 0. The molecular weight excluding hydrogens is 138 g/mol. The first-order valence-electron chi connectivity index (χ1n) is 3.28. The maximum atomic E-state index is 5.41. The summed E-state index contributed by atoms with van der Waals surface area (Å²) in [7, 11) is 0. The Labute approximate surface area is 64.8 Å². The van der Waals surface area contributed by atoms with Crippen LogP contribution < -0.4 is 27.6 Å². The Hall–Kier alpha value is -1.64. The first kappa shape index (κ1) is 7.47. The quantitative estimate of drug-likeness (QED) is 0.414. The van der Waals surface area contributed by atoms with Crippen LogP contribution in [0.2, 0.25) is 0 Å². The molecule has 1 rings (SSSR count). The van der Waals surface area contributed by atoms with Crippen LogP contribution in [0.25, 0.3) is 12.0 Å². The Bertz CT molecular complexity index is 350. The number of rotatable bonds is 0. The lowest BCUT2D eigenvalue weighted by molar-refractivity contribution is 1.36. The van der Waals surface area contributed by atoms with Gasteiger partial charge in [0.2, 0.25) is 0 Å². The van der Waals surface area contributed by atoms with Crippen LogP contribution in [0.4, 0.5) is 0 Å². The maximum absolute atomic E-state index is 5.41. The van der Waals surface area contributed by atoms with Gasteiger partial charge in [0.15, 0.2) is 0 Å². The summed E-state index contributed by atoms with van der Waals surface area (Å²) in [5, 5.41) is 1.64. The van der Waals surface area contributed by atoms with Crippen molar-refractivity contribution in [2.24, 2.45) is 17.2 Å². The van der Waals surface area contributed by atoms with E-state index < -0.39 is 0 Å². The van der Waals surface area contributed by atoms with Gasteiger partial charge in [-0.3, -0.25) is 0 Å². The molecule has 3 heteroatoms. The second-order valence-corrected chi connectivity index (χ2v) is 2.21. The normalized spacial score (nSPS) is 11.5. The van der Waals surface area contributed by atoms with E-state index in [1.54, 1.807) is 0 Å². The van der Waals surface area contributed by atoms with E-state index in [0.717, 1.165) is 10.4 Å². The molecule has 1 aromatic rings. The summed E-state index contributed by atoms with van der Waals surface area (Å²) in [6, 6.07) is 7.43. The van der Waals surface area contributed by atoms with Gasteiger partial charge in [0.25, 0.3) is 0 Å². The average Bonchev–Trinajstić information content (AvgIpc) is 2.04. The topological polar surface area (TPSA) is 78.1 Å². The van der Waals surface area contributed by atoms with Crippen molar-refractivity contribution in [3.63, 3.8) is 0 Å². The predicted octanol–water partition coefficient (Wildman–Crippen LogP) is -1.63. The minimum absolute atomic E-state index is 0.294. The fourth-order valence-electron chi connectivity index (χ4n) is 0.905. The Morgan fingerprint density at radius 2 is 1.82 bits per heavy atom. The zero-order valence-electron chi connectivity index (χ0n) is 6.12. The van der Waals surface area contributed by atoms with Crippen LogP contribution >= 0.6 is 0 Å². The van der Waals surface area contributed by atoms with Crippen LogP contribution in [0, 0.1) is 0 Å². The van der Waals surface area contributed by atoms with E-state index in [9.17, 15) is 0 Å². The molecule has 0 aliphatic carbocycles. The summed E-state index contributed by atoms with van der Waals surface area (Å²) in [5.41, 5.74) is 16.2. The van der Waals surface area contributed by atoms with Crippen molar-refractivity contribution in [3.8, 4) is 0 Å². The Balaban J connectivity index is 3.64. The highest BCUT2D eigenvalue weighted by atomic mass is 14.8. The van der Waals surface area contributed by atoms with Crippen LogP contribution in [0.3, 0.4) is 0 Å². The van der Waals surface area contributed by atoms with E-state index in [0.29, 0.717) is 5.82 Å². The van der Waals surface area contributed by atoms with Gasteiger partial charge in [-0.2, -0.15) is 0 Å². The van der Waals surface area contributed by atoms with Crippen molar-refractivity contribution in [3.05, 3.63) is 34.7 Å². The van der Waals surface area contributed by atoms with Crippen LogP contribution in [-0.2, 0) is 0 Å². The van der Waals surface area contributed by atoms with Gasteiger partial charge >= 0.3 is 0 Å². The molecule has 0 aliphatic heterocycles. The molecule has 0 bridgehead atoms. The molecule has 0 unspecified atom stereocenters. The zero-order valence-corrected chi connectivity index (χ0v) is 6.12. The minimum Gasteiger partial charge on any atom is -0.404 e. The summed E-state index contributed by atoms with van der Waals surface area (Å²) in [6.07, 6.45) is 1.48. The van der Waals surface area contributed by atoms with Gasteiger partial charge in [-0.05, 0) is 0 Å². The molecule has 0 heterocycles. The van der Waals surface area contributed by atoms with Crippen LogP contribution in [-0.4, -0.2) is 0 Å². The van der Waals surface area contributed by atoms with Crippen molar-refractivity contribution in [1.82, 2.24) is 0 Å². The number of hydrogen-bond donors (Lipinski definition) is 3. The van der Waals surface area contributed by atoms with Crippen molar-refractivity contribution in [2.45, 2.75) is 0 Å². The van der Waals surface area contributed by atoms with Gasteiger partial charge in [-0.25, -0.2) is 0 Å². The molecule has 0 saturated heterocycles. The first-order chi connectivity index (χ1) is 5.25. The van der Waals surface area contributed by atoms with Gasteiger partial charge in [0.05, 0.1) is 0 Å². The van der Waals surface area contributed by atoms with Crippen molar-refractivity contribution in [1.29, 1.82) is 0 Å². The molecule has 0 aliphatic rings. The Morgan fingerprint density at radius 3 is 2.27 bits per heavy atom. The van der Waals surface area contributed by atoms with E-state index in [1.807, 2.05) is 24.3 Å². The Morgan fingerprint density at radius 1 is 1.18 bits per heavy atom. The molecular formula is C8H11N3. The van der Waals surface area contributed by atoms with Crippen molar-refractivity contribution < 1.29 is 0 Å². The first-order valence-corrected chi connectivity index (χ1v) is 3.28. The highest BCUT2D eigenvalue weighted by molar-refractivity contribution is 5.38. The molecule has 0 fully saturated rings. The van der Waals surface area contributed by atoms with E-state index in [-0.39, 0.29) is 0 Å². The van der Waals surface area contributed by atoms with Crippen LogP contribution in [0.5, 0.6) is 0 Å². The SMILES string of the molecule is N/C=c1/ccccc1=C(N)N. The number of benzene rings is 1. The van der Waals surface area contributed by atoms with E-state index >= 15 is 0 Å².